The van der Waals surface area contributed by atoms with Gasteiger partial charge in [0.05, 0.1) is 24.9 Å². The number of alkyl halides is 3. The highest BCUT2D eigenvalue weighted by atomic mass is 19.4. The number of hydrogen-bond acceptors (Lipinski definition) is 4. The van der Waals surface area contributed by atoms with Crippen molar-refractivity contribution in [1.82, 2.24) is 0 Å². The summed E-state index contributed by atoms with van der Waals surface area (Å²) in [4.78, 5) is 1.67. The summed E-state index contributed by atoms with van der Waals surface area (Å²) in [5.74, 6) is 0.299. The van der Waals surface area contributed by atoms with Crippen molar-refractivity contribution in [3.63, 3.8) is 0 Å². The SMILES string of the molecule is COc1ccc(N2CCOc3ccc(O)cc32)cc1C(F)(F)F. The van der Waals surface area contributed by atoms with Crippen molar-refractivity contribution in [2.75, 3.05) is 25.2 Å². The van der Waals surface area contributed by atoms with E-state index in [1.165, 1.54) is 25.3 Å². The first-order valence-electron chi connectivity index (χ1n) is 6.89. The molecule has 0 unspecified atom stereocenters. The highest BCUT2D eigenvalue weighted by molar-refractivity contribution is 5.72. The lowest BCUT2D eigenvalue weighted by Crippen LogP contribution is -2.28. The van der Waals surface area contributed by atoms with E-state index in [0.717, 1.165) is 6.07 Å². The lowest BCUT2D eigenvalue weighted by atomic mass is 10.1. The Kier molecular flexibility index (Phi) is 3.71. The zero-order valence-corrected chi connectivity index (χ0v) is 12.2. The topological polar surface area (TPSA) is 41.9 Å². The molecule has 1 aliphatic rings. The second-order valence-corrected chi connectivity index (χ2v) is 5.03. The van der Waals surface area contributed by atoms with Crippen molar-refractivity contribution in [2.24, 2.45) is 0 Å². The summed E-state index contributed by atoms with van der Waals surface area (Å²) in [6.45, 7) is 0.714. The number of nitrogens with zero attached hydrogens (tertiary/aromatic N) is 1. The molecule has 1 aliphatic heterocycles. The van der Waals surface area contributed by atoms with Gasteiger partial charge in [0.1, 0.15) is 23.9 Å². The number of rotatable bonds is 2. The molecule has 0 bridgehead atoms. The van der Waals surface area contributed by atoms with Crippen LogP contribution in [-0.2, 0) is 6.18 Å². The van der Waals surface area contributed by atoms with Gasteiger partial charge in [-0.2, -0.15) is 13.2 Å². The lowest BCUT2D eigenvalue weighted by molar-refractivity contribution is -0.138. The van der Waals surface area contributed by atoms with E-state index in [0.29, 0.717) is 30.3 Å². The van der Waals surface area contributed by atoms with E-state index in [1.54, 1.807) is 17.0 Å². The number of halogens is 3. The Morgan fingerprint density at radius 2 is 1.96 bits per heavy atom. The fraction of sp³-hybridized carbons (Fsp3) is 0.250. The van der Waals surface area contributed by atoms with Crippen LogP contribution in [0, 0.1) is 0 Å². The molecule has 0 fully saturated rings. The van der Waals surface area contributed by atoms with Gasteiger partial charge in [-0.25, -0.2) is 0 Å². The highest BCUT2D eigenvalue weighted by Gasteiger charge is 2.35. The van der Waals surface area contributed by atoms with Crippen LogP contribution in [-0.4, -0.2) is 25.4 Å². The Hall–Kier alpha value is -2.57. The molecule has 0 saturated heterocycles. The quantitative estimate of drug-likeness (QED) is 0.908. The summed E-state index contributed by atoms with van der Waals surface area (Å²) in [5.41, 5.74) is 0.0357. The standard InChI is InChI=1S/C16H14F3NO3/c1-22-14-4-2-10(8-12(14)16(17,18)19)20-6-7-23-15-5-3-11(21)9-13(15)20/h2-5,8-9,21H,6-7H2,1H3. The Bertz CT molecular complexity index is 731. The van der Waals surface area contributed by atoms with Crippen molar-refractivity contribution >= 4 is 11.4 Å². The van der Waals surface area contributed by atoms with E-state index in [-0.39, 0.29) is 11.5 Å². The van der Waals surface area contributed by atoms with Crippen LogP contribution in [0.15, 0.2) is 36.4 Å². The minimum atomic E-state index is -4.52. The van der Waals surface area contributed by atoms with E-state index >= 15 is 0 Å². The molecule has 4 nitrogen and oxygen atoms in total. The number of methoxy groups -OCH3 is 1. The maximum absolute atomic E-state index is 13.2. The zero-order valence-electron chi connectivity index (χ0n) is 12.2. The predicted molar refractivity (Wildman–Crippen MR) is 78.6 cm³/mol. The normalized spacial score (nSPS) is 14.2. The van der Waals surface area contributed by atoms with Crippen molar-refractivity contribution in [3.05, 3.63) is 42.0 Å². The van der Waals surface area contributed by atoms with E-state index < -0.39 is 11.7 Å². The maximum Gasteiger partial charge on any atom is 0.420 e. The largest absolute Gasteiger partial charge is 0.508 e. The molecule has 1 N–H and O–H groups in total. The molecule has 1 heterocycles. The molecule has 2 aromatic carbocycles. The highest BCUT2D eigenvalue weighted by Crippen LogP contribution is 2.43. The van der Waals surface area contributed by atoms with E-state index in [1.807, 2.05) is 0 Å². The minimum absolute atomic E-state index is 0.0174. The molecular weight excluding hydrogens is 311 g/mol. The van der Waals surface area contributed by atoms with Gasteiger partial charge in [-0.15, -0.1) is 0 Å². The maximum atomic E-state index is 13.2. The number of ether oxygens (including phenoxy) is 2. The van der Waals surface area contributed by atoms with Crippen LogP contribution in [0.3, 0.4) is 0 Å². The number of phenolic OH excluding ortho intramolecular Hbond substituents is 1. The smallest absolute Gasteiger partial charge is 0.420 e. The molecule has 0 saturated carbocycles. The first-order valence-corrected chi connectivity index (χ1v) is 6.89. The summed E-state index contributed by atoms with van der Waals surface area (Å²) in [6, 6.07) is 8.40. The van der Waals surface area contributed by atoms with E-state index in [9.17, 15) is 18.3 Å². The van der Waals surface area contributed by atoms with Gasteiger partial charge in [0, 0.05) is 11.8 Å². The molecular formula is C16H14F3NO3. The molecule has 0 aliphatic carbocycles. The summed E-state index contributed by atoms with van der Waals surface area (Å²) < 4.78 is 49.8. The Morgan fingerprint density at radius 3 is 2.65 bits per heavy atom. The van der Waals surface area contributed by atoms with Gasteiger partial charge < -0.3 is 19.5 Å². The Morgan fingerprint density at radius 1 is 1.17 bits per heavy atom. The molecule has 122 valence electrons. The Balaban J connectivity index is 2.09. The van der Waals surface area contributed by atoms with Crippen molar-refractivity contribution < 1.29 is 27.8 Å². The van der Waals surface area contributed by atoms with Gasteiger partial charge in [-0.05, 0) is 30.3 Å². The van der Waals surface area contributed by atoms with Gasteiger partial charge in [-0.3, -0.25) is 0 Å². The number of phenols is 1. The number of aromatic hydroxyl groups is 1. The van der Waals surface area contributed by atoms with E-state index in [2.05, 4.69) is 0 Å². The van der Waals surface area contributed by atoms with Crippen LogP contribution in [0.2, 0.25) is 0 Å². The minimum Gasteiger partial charge on any atom is -0.508 e. The van der Waals surface area contributed by atoms with Gasteiger partial charge in [-0.1, -0.05) is 0 Å². The average Bonchev–Trinajstić information content (AvgIpc) is 2.53. The number of anilines is 2. The summed E-state index contributed by atoms with van der Waals surface area (Å²) in [7, 11) is 1.20. The third kappa shape index (κ3) is 2.86. The monoisotopic (exact) mass is 325 g/mol. The molecule has 0 spiro atoms. The second kappa shape index (κ2) is 5.57. The van der Waals surface area contributed by atoms with Gasteiger partial charge in [0.15, 0.2) is 0 Å². The summed E-state index contributed by atoms with van der Waals surface area (Å²) >= 11 is 0. The number of fused-ring (bicyclic) bond motifs is 1. The molecule has 0 radical (unpaired) electrons. The molecule has 2 aromatic rings. The fourth-order valence-corrected chi connectivity index (χ4v) is 2.56. The summed E-state index contributed by atoms with van der Waals surface area (Å²) in [5, 5.41) is 9.64. The molecule has 0 aromatic heterocycles. The first kappa shape index (κ1) is 15.3. The van der Waals surface area contributed by atoms with Crippen molar-refractivity contribution in [3.8, 4) is 17.2 Å². The molecule has 3 rings (SSSR count). The van der Waals surface area contributed by atoms with Crippen LogP contribution in [0.25, 0.3) is 0 Å². The van der Waals surface area contributed by atoms with Crippen molar-refractivity contribution in [2.45, 2.75) is 6.18 Å². The second-order valence-electron chi connectivity index (χ2n) is 5.03. The van der Waals surface area contributed by atoms with Gasteiger partial charge in [0.25, 0.3) is 0 Å². The van der Waals surface area contributed by atoms with Gasteiger partial charge >= 0.3 is 6.18 Å². The predicted octanol–water partition coefficient (Wildman–Crippen LogP) is 3.95. The first-order chi connectivity index (χ1) is 10.9. The van der Waals surface area contributed by atoms with Crippen LogP contribution in [0.1, 0.15) is 5.56 Å². The number of hydrogen-bond donors (Lipinski definition) is 1. The summed E-state index contributed by atoms with van der Waals surface area (Å²) in [6.07, 6.45) is -4.52. The van der Waals surface area contributed by atoms with Crippen molar-refractivity contribution in [1.29, 1.82) is 0 Å². The van der Waals surface area contributed by atoms with Crippen LogP contribution in [0.4, 0.5) is 24.5 Å². The molecule has 0 amide bonds. The third-order valence-corrected chi connectivity index (χ3v) is 3.61. The van der Waals surface area contributed by atoms with Crippen LogP contribution in [0.5, 0.6) is 17.2 Å². The zero-order chi connectivity index (χ0) is 16.6. The average molecular weight is 325 g/mol. The Labute approximate surface area is 130 Å². The molecule has 23 heavy (non-hydrogen) atoms. The molecule has 0 atom stereocenters. The third-order valence-electron chi connectivity index (χ3n) is 3.61. The van der Waals surface area contributed by atoms with Gasteiger partial charge in [0.2, 0.25) is 0 Å². The number of benzene rings is 2. The molecule has 7 heteroatoms. The van der Waals surface area contributed by atoms with Crippen LogP contribution < -0.4 is 14.4 Å². The van der Waals surface area contributed by atoms with E-state index in [4.69, 9.17) is 9.47 Å². The van der Waals surface area contributed by atoms with Crippen LogP contribution >= 0.6 is 0 Å². The fourth-order valence-electron chi connectivity index (χ4n) is 2.56. The lowest BCUT2D eigenvalue weighted by Gasteiger charge is -2.32.